The van der Waals surface area contributed by atoms with E-state index in [9.17, 15) is 26.1 Å². The predicted octanol–water partition coefficient (Wildman–Crippen LogP) is 4.40. The maximum absolute atomic E-state index is 13.1. The fourth-order valence-electron chi connectivity index (χ4n) is 2.79. The molecule has 0 aromatic carbocycles. The Labute approximate surface area is 158 Å². The van der Waals surface area contributed by atoms with Crippen LogP contribution < -0.4 is 0 Å². The summed E-state index contributed by atoms with van der Waals surface area (Å²) in [6.45, 7) is 13.8. The van der Waals surface area contributed by atoms with Crippen molar-refractivity contribution in [3.8, 4) is 0 Å². The predicted molar refractivity (Wildman–Crippen MR) is 100 cm³/mol. The van der Waals surface area contributed by atoms with Crippen LogP contribution in [0.25, 0.3) is 0 Å². The summed E-state index contributed by atoms with van der Waals surface area (Å²) in [6, 6.07) is 0. The van der Waals surface area contributed by atoms with Crippen LogP contribution in [0.15, 0.2) is 0 Å². The number of rotatable bonds is 14. The number of nitrogens with zero attached hydrogens (tertiary/aromatic N) is 1. The first kappa shape index (κ1) is 27.9. The molecule has 8 heteroatoms. The first-order valence-corrected chi connectivity index (χ1v) is 11.3. The van der Waals surface area contributed by atoms with Gasteiger partial charge in [0.25, 0.3) is 0 Å². The van der Waals surface area contributed by atoms with Gasteiger partial charge in [-0.15, -0.1) is 0 Å². The third kappa shape index (κ3) is 14.8. The summed E-state index contributed by atoms with van der Waals surface area (Å²) in [6.07, 6.45) is -1.28. The quantitative estimate of drug-likeness (QED) is 0.244. The second-order valence-electron chi connectivity index (χ2n) is 6.61. The zero-order valence-electron chi connectivity index (χ0n) is 16.9. The SMILES string of the molecule is CC[N+](CC)(CC)CC.O=S(=O)([O-])CC(F)C(F)CCCCCCCF. The Hall–Kier alpha value is -0.340. The van der Waals surface area contributed by atoms with Crippen molar-refractivity contribution in [1.82, 2.24) is 0 Å². The summed E-state index contributed by atoms with van der Waals surface area (Å²) in [5.74, 6) is -1.31. The highest BCUT2D eigenvalue weighted by Crippen LogP contribution is 2.15. The largest absolute Gasteiger partial charge is 0.748 e. The molecule has 0 rings (SSSR count). The zero-order valence-corrected chi connectivity index (χ0v) is 17.7. The maximum atomic E-state index is 13.1. The van der Waals surface area contributed by atoms with Crippen molar-refractivity contribution in [2.24, 2.45) is 0 Å². The van der Waals surface area contributed by atoms with Gasteiger partial charge >= 0.3 is 0 Å². The molecule has 0 aliphatic heterocycles. The van der Waals surface area contributed by atoms with Crippen LogP contribution in [0.3, 0.4) is 0 Å². The highest BCUT2D eigenvalue weighted by Gasteiger charge is 2.22. The van der Waals surface area contributed by atoms with Gasteiger partial charge in [-0.3, -0.25) is 4.39 Å². The van der Waals surface area contributed by atoms with Crippen LogP contribution in [0.5, 0.6) is 0 Å². The Morgan fingerprint density at radius 1 is 0.808 bits per heavy atom. The molecule has 0 spiro atoms. The number of hydrogen-bond acceptors (Lipinski definition) is 3. The molecule has 0 aliphatic carbocycles. The third-order valence-electron chi connectivity index (χ3n) is 5.05. The molecule has 4 nitrogen and oxygen atoms in total. The average Bonchev–Trinajstić information content (AvgIpc) is 2.59. The molecule has 0 N–H and O–H groups in total. The van der Waals surface area contributed by atoms with E-state index >= 15 is 0 Å². The van der Waals surface area contributed by atoms with Crippen LogP contribution in [0.4, 0.5) is 13.2 Å². The molecule has 0 aromatic heterocycles. The molecule has 0 bridgehead atoms. The highest BCUT2D eigenvalue weighted by molar-refractivity contribution is 7.85. The van der Waals surface area contributed by atoms with Crippen LogP contribution in [-0.2, 0) is 10.1 Å². The normalized spacial score (nSPS) is 14.5. The Kier molecular flexibility index (Phi) is 16.8. The molecule has 2 unspecified atom stereocenters. The van der Waals surface area contributed by atoms with Crippen LogP contribution in [0.2, 0.25) is 0 Å². The third-order valence-corrected chi connectivity index (χ3v) is 5.78. The lowest BCUT2D eigenvalue weighted by molar-refractivity contribution is -0.921. The molecule has 0 amide bonds. The highest BCUT2D eigenvalue weighted by atomic mass is 32.2. The van der Waals surface area contributed by atoms with Crippen LogP contribution in [0.1, 0.15) is 66.2 Å². The van der Waals surface area contributed by atoms with E-state index in [-0.39, 0.29) is 13.1 Å². The van der Waals surface area contributed by atoms with Gasteiger partial charge in [0.1, 0.15) is 12.3 Å². The minimum absolute atomic E-state index is 0.105. The number of halogens is 3. The van der Waals surface area contributed by atoms with Gasteiger partial charge in [-0.2, -0.15) is 0 Å². The van der Waals surface area contributed by atoms with Gasteiger partial charge in [0.2, 0.25) is 0 Å². The maximum Gasteiger partial charge on any atom is 0.144 e. The first-order chi connectivity index (χ1) is 12.1. The number of quaternary nitrogens is 1. The fourth-order valence-corrected chi connectivity index (χ4v) is 3.38. The van der Waals surface area contributed by atoms with Crippen molar-refractivity contribution in [2.75, 3.05) is 38.6 Å². The van der Waals surface area contributed by atoms with Crippen LogP contribution in [0, 0.1) is 0 Å². The number of unbranched alkanes of at least 4 members (excludes halogenated alkanes) is 4. The molecule has 0 aromatic rings. The van der Waals surface area contributed by atoms with Crippen molar-refractivity contribution in [3.63, 3.8) is 0 Å². The van der Waals surface area contributed by atoms with E-state index in [1.165, 1.54) is 30.7 Å². The van der Waals surface area contributed by atoms with Gasteiger partial charge in [-0.25, -0.2) is 17.2 Å². The molecular weight excluding hydrogens is 367 g/mol. The molecule has 0 radical (unpaired) electrons. The minimum atomic E-state index is -4.72. The summed E-state index contributed by atoms with van der Waals surface area (Å²) >= 11 is 0. The van der Waals surface area contributed by atoms with Gasteiger partial charge < -0.3 is 9.04 Å². The molecule has 26 heavy (non-hydrogen) atoms. The van der Waals surface area contributed by atoms with Gasteiger partial charge in [0, 0.05) is 0 Å². The molecule has 0 heterocycles. The zero-order chi connectivity index (χ0) is 20.6. The lowest BCUT2D eigenvalue weighted by Gasteiger charge is -2.34. The van der Waals surface area contributed by atoms with Gasteiger partial charge in [-0.1, -0.05) is 25.7 Å². The van der Waals surface area contributed by atoms with Gasteiger partial charge in [0.15, 0.2) is 0 Å². The van der Waals surface area contributed by atoms with E-state index in [4.69, 9.17) is 0 Å². The summed E-state index contributed by atoms with van der Waals surface area (Å²) < 4.78 is 69.5. The van der Waals surface area contributed by atoms with E-state index in [2.05, 4.69) is 27.7 Å². The van der Waals surface area contributed by atoms with Gasteiger partial charge in [-0.05, 0) is 40.5 Å². The second-order valence-corrected chi connectivity index (χ2v) is 8.06. The topological polar surface area (TPSA) is 57.2 Å². The minimum Gasteiger partial charge on any atom is -0.748 e. The Morgan fingerprint density at radius 2 is 1.23 bits per heavy atom. The van der Waals surface area contributed by atoms with Crippen LogP contribution >= 0.6 is 0 Å². The van der Waals surface area contributed by atoms with Crippen molar-refractivity contribution >= 4 is 10.1 Å². The van der Waals surface area contributed by atoms with Crippen molar-refractivity contribution in [3.05, 3.63) is 0 Å². The lowest BCUT2D eigenvalue weighted by atomic mass is 10.1. The van der Waals surface area contributed by atoms with Crippen molar-refractivity contribution in [1.29, 1.82) is 0 Å². The Bertz CT molecular complexity index is 400. The molecule has 0 saturated heterocycles. The fraction of sp³-hybridized carbons (Fsp3) is 1.00. The summed E-state index contributed by atoms with van der Waals surface area (Å²) in [4.78, 5) is 0. The monoisotopic (exact) mass is 405 g/mol. The van der Waals surface area contributed by atoms with E-state index in [0.717, 1.165) is 6.42 Å². The number of alkyl halides is 3. The van der Waals surface area contributed by atoms with E-state index < -0.39 is 28.2 Å². The molecule has 0 aliphatic rings. The standard InChI is InChI=1S/C10H19F3O3S.C8H20N/c11-7-5-3-1-2-4-6-9(12)10(13)8-17(14,15)16;1-5-9(6-2,7-3)8-4/h9-10H,1-8H2,(H,14,15,16);5-8H2,1-4H3/q;+1/p-1. The van der Waals surface area contributed by atoms with Crippen molar-refractivity contribution in [2.45, 2.75) is 78.6 Å². The van der Waals surface area contributed by atoms with Crippen molar-refractivity contribution < 1.29 is 30.6 Å². The molecular formula is C18H38F3NO3S. The molecule has 0 saturated carbocycles. The second kappa shape index (κ2) is 15.7. The van der Waals surface area contributed by atoms with Crippen LogP contribution in [-0.4, -0.2) is 68.4 Å². The first-order valence-electron chi connectivity index (χ1n) is 9.74. The van der Waals surface area contributed by atoms with Gasteiger partial charge in [0.05, 0.1) is 48.7 Å². The molecule has 160 valence electrons. The van der Waals surface area contributed by atoms with E-state index in [1.807, 2.05) is 0 Å². The average molecular weight is 406 g/mol. The summed E-state index contributed by atoms with van der Waals surface area (Å²) in [7, 11) is -4.72. The number of hydrogen-bond donors (Lipinski definition) is 0. The summed E-state index contributed by atoms with van der Waals surface area (Å²) in [5, 5.41) is 0. The van der Waals surface area contributed by atoms with E-state index in [1.54, 1.807) is 0 Å². The Morgan fingerprint density at radius 3 is 1.58 bits per heavy atom. The molecule has 0 fully saturated rings. The van der Waals surface area contributed by atoms with E-state index in [0.29, 0.717) is 25.7 Å². The molecule has 2 atom stereocenters. The smallest absolute Gasteiger partial charge is 0.144 e. The lowest BCUT2D eigenvalue weighted by Crippen LogP contribution is -2.47. The Balaban J connectivity index is 0. The summed E-state index contributed by atoms with van der Waals surface area (Å²) in [5.41, 5.74) is 0.